The minimum atomic E-state index is -0.905. The topological polar surface area (TPSA) is 49.4 Å². The molecule has 114 valence electrons. The lowest BCUT2D eigenvalue weighted by molar-refractivity contribution is -0.157. The number of halogens is 1. The van der Waals surface area contributed by atoms with Crippen molar-refractivity contribution in [3.63, 3.8) is 0 Å². The molecule has 2 rings (SSSR count). The fourth-order valence-corrected chi connectivity index (χ4v) is 2.67. The van der Waals surface area contributed by atoms with Gasteiger partial charge in [0, 0.05) is 6.54 Å². The number of carbonyl (C=O) groups excluding carboxylic acids is 2. The van der Waals surface area contributed by atoms with Crippen LogP contribution in [0.2, 0.25) is 0 Å². The van der Waals surface area contributed by atoms with E-state index in [-0.39, 0.29) is 24.8 Å². The van der Waals surface area contributed by atoms with Crippen LogP contribution in [-0.2, 0) is 9.59 Å². The number of rotatable bonds is 5. The molecule has 1 aromatic carbocycles. The van der Waals surface area contributed by atoms with Crippen LogP contribution in [0.25, 0.3) is 0 Å². The molecule has 0 spiro atoms. The maximum absolute atomic E-state index is 12.7. The molecular formula is C16H21FN2O2. The van der Waals surface area contributed by atoms with Gasteiger partial charge in [0.1, 0.15) is 11.6 Å². The van der Waals surface area contributed by atoms with E-state index in [9.17, 15) is 14.0 Å². The molecule has 1 aliphatic rings. The molecule has 0 aromatic heterocycles. The van der Waals surface area contributed by atoms with Crippen LogP contribution in [0.1, 0.15) is 38.3 Å². The number of nitrogens with zero attached hydrogens (tertiary/aromatic N) is 1. The SMILES string of the molecule is CCC1(C)C(=O)NC(c2ccccc2)C(=O)N1CCCF. The molecule has 2 unspecified atom stereocenters. The molecule has 1 saturated heterocycles. The first-order valence-electron chi connectivity index (χ1n) is 7.28. The summed E-state index contributed by atoms with van der Waals surface area (Å²) in [5.41, 5.74) is -0.156. The van der Waals surface area contributed by atoms with Gasteiger partial charge in [-0.3, -0.25) is 14.0 Å². The van der Waals surface area contributed by atoms with Gasteiger partial charge in [0.05, 0.1) is 6.67 Å². The molecule has 0 bridgehead atoms. The van der Waals surface area contributed by atoms with Crippen molar-refractivity contribution >= 4 is 11.8 Å². The van der Waals surface area contributed by atoms with Crippen molar-refractivity contribution in [1.29, 1.82) is 0 Å². The summed E-state index contributed by atoms with van der Waals surface area (Å²) in [6.45, 7) is 3.36. The minimum absolute atomic E-state index is 0.168. The second kappa shape index (κ2) is 6.24. The van der Waals surface area contributed by atoms with E-state index in [0.717, 1.165) is 5.56 Å². The van der Waals surface area contributed by atoms with Crippen LogP contribution < -0.4 is 5.32 Å². The van der Waals surface area contributed by atoms with E-state index in [1.807, 2.05) is 37.3 Å². The lowest BCUT2D eigenvalue weighted by Crippen LogP contribution is -2.66. The normalized spacial score (nSPS) is 25.9. The van der Waals surface area contributed by atoms with Gasteiger partial charge in [-0.2, -0.15) is 0 Å². The number of amides is 2. The Morgan fingerprint density at radius 3 is 2.52 bits per heavy atom. The van der Waals surface area contributed by atoms with Crippen molar-refractivity contribution < 1.29 is 14.0 Å². The van der Waals surface area contributed by atoms with Crippen molar-refractivity contribution in [2.75, 3.05) is 13.2 Å². The van der Waals surface area contributed by atoms with Gasteiger partial charge < -0.3 is 10.2 Å². The maximum atomic E-state index is 12.7. The molecule has 5 heteroatoms. The lowest BCUT2D eigenvalue weighted by Gasteiger charge is -2.46. The molecule has 2 amide bonds. The summed E-state index contributed by atoms with van der Waals surface area (Å²) in [4.78, 5) is 26.7. The quantitative estimate of drug-likeness (QED) is 0.904. The van der Waals surface area contributed by atoms with Crippen LogP contribution in [0.3, 0.4) is 0 Å². The summed E-state index contributed by atoms with van der Waals surface area (Å²) in [6.07, 6.45) is 0.745. The molecule has 21 heavy (non-hydrogen) atoms. The zero-order valence-corrected chi connectivity index (χ0v) is 12.4. The summed E-state index contributed by atoms with van der Waals surface area (Å²) in [7, 11) is 0. The van der Waals surface area contributed by atoms with Gasteiger partial charge in [-0.05, 0) is 25.3 Å². The van der Waals surface area contributed by atoms with E-state index in [1.165, 1.54) is 4.90 Å². The smallest absolute Gasteiger partial charge is 0.250 e. The summed E-state index contributed by atoms with van der Waals surface area (Å²) in [5.74, 6) is -0.351. The van der Waals surface area contributed by atoms with E-state index in [0.29, 0.717) is 6.42 Å². The first-order valence-corrected chi connectivity index (χ1v) is 7.28. The Bertz CT molecular complexity index is 520. The molecular weight excluding hydrogens is 271 g/mol. The number of alkyl halides is 1. The van der Waals surface area contributed by atoms with Crippen molar-refractivity contribution in [3.8, 4) is 0 Å². The van der Waals surface area contributed by atoms with Gasteiger partial charge in [0.15, 0.2) is 0 Å². The maximum Gasteiger partial charge on any atom is 0.250 e. The molecule has 1 heterocycles. The van der Waals surface area contributed by atoms with Gasteiger partial charge in [0.25, 0.3) is 5.91 Å². The fraction of sp³-hybridized carbons (Fsp3) is 0.500. The van der Waals surface area contributed by atoms with Gasteiger partial charge in [-0.15, -0.1) is 0 Å². The summed E-state index contributed by atoms with van der Waals surface area (Å²) in [6, 6.07) is 8.45. The molecule has 1 fully saturated rings. The largest absolute Gasteiger partial charge is 0.338 e. The van der Waals surface area contributed by atoms with Gasteiger partial charge in [-0.1, -0.05) is 37.3 Å². The molecule has 0 radical (unpaired) electrons. The van der Waals surface area contributed by atoms with Gasteiger partial charge >= 0.3 is 0 Å². The molecule has 2 atom stereocenters. The summed E-state index contributed by atoms with van der Waals surface area (Å²) < 4.78 is 12.5. The van der Waals surface area contributed by atoms with E-state index < -0.39 is 18.3 Å². The third-order valence-electron chi connectivity index (χ3n) is 4.21. The van der Waals surface area contributed by atoms with E-state index in [4.69, 9.17) is 0 Å². The number of hydrogen-bond acceptors (Lipinski definition) is 2. The number of nitrogens with one attached hydrogen (secondary N) is 1. The molecule has 4 nitrogen and oxygen atoms in total. The standard InChI is InChI=1S/C16H21FN2O2/c1-3-16(2)15(21)18-13(12-8-5-4-6-9-12)14(20)19(16)11-7-10-17/h4-6,8-9,13H,3,7,10-11H2,1-2H3,(H,18,21). The van der Waals surface area contributed by atoms with Crippen LogP contribution in [0, 0.1) is 0 Å². The third-order valence-corrected chi connectivity index (χ3v) is 4.21. The van der Waals surface area contributed by atoms with Crippen molar-refractivity contribution in [2.24, 2.45) is 0 Å². The molecule has 1 aliphatic heterocycles. The predicted octanol–water partition coefficient (Wildman–Crippen LogP) is 2.21. The Labute approximate surface area is 124 Å². The average molecular weight is 292 g/mol. The van der Waals surface area contributed by atoms with Gasteiger partial charge in [-0.25, -0.2) is 0 Å². The second-order valence-electron chi connectivity index (χ2n) is 5.48. The Balaban J connectivity index is 2.33. The highest BCUT2D eigenvalue weighted by Crippen LogP contribution is 2.30. The van der Waals surface area contributed by atoms with Crippen LogP contribution in [0.4, 0.5) is 4.39 Å². The monoisotopic (exact) mass is 292 g/mol. The minimum Gasteiger partial charge on any atom is -0.338 e. The van der Waals surface area contributed by atoms with E-state index in [2.05, 4.69) is 5.32 Å². The zero-order valence-electron chi connectivity index (χ0n) is 12.4. The van der Waals surface area contributed by atoms with E-state index in [1.54, 1.807) is 6.92 Å². The first kappa shape index (κ1) is 15.5. The molecule has 1 N–H and O–H groups in total. The fourth-order valence-electron chi connectivity index (χ4n) is 2.67. The van der Waals surface area contributed by atoms with Crippen LogP contribution in [0.15, 0.2) is 30.3 Å². The summed E-state index contributed by atoms with van der Waals surface area (Å²) >= 11 is 0. The zero-order chi connectivity index (χ0) is 15.5. The Kier molecular flexibility index (Phi) is 4.60. The number of benzene rings is 1. The highest BCUT2D eigenvalue weighted by Gasteiger charge is 2.48. The second-order valence-corrected chi connectivity index (χ2v) is 5.48. The molecule has 0 saturated carbocycles. The van der Waals surface area contributed by atoms with Gasteiger partial charge in [0.2, 0.25) is 5.91 Å². The van der Waals surface area contributed by atoms with E-state index >= 15 is 0 Å². The number of hydrogen-bond donors (Lipinski definition) is 1. The molecule has 0 aliphatic carbocycles. The van der Waals surface area contributed by atoms with Crippen LogP contribution in [-0.4, -0.2) is 35.5 Å². The average Bonchev–Trinajstić information content (AvgIpc) is 2.51. The van der Waals surface area contributed by atoms with Crippen LogP contribution >= 0.6 is 0 Å². The first-order chi connectivity index (χ1) is 10.0. The predicted molar refractivity (Wildman–Crippen MR) is 78.3 cm³/mol. The molecule has 1 aromatic rings. The third kappa shape index (κ3) is 2.77. The number of piperazine rings is 1. The van der Waals surface area contributed by atoms with Crippen molar-refractivity contribution in [3.05, 3.63) is 35.9 Å². The lowest BCUT2D eigenvalue weighted by atomic mass is 9.88. The van der Waals surface area contributed by atoms with Crippen molar-refractivity contribution in [2.45, 2.75) is 38.3 Å². The number of carbonyl (C=O) groups is 2. The van der Waals surface area contributed by atoms with Crippen LogP contribution in [0.5, 0.6) is 0 Å². The van der Waals surface area contributed by atoms with Crippen molar-refractivity contribution in [1.82, 2.24) is 10.2 Å². The Hall–Kier alpha value is -1.91. The highest BCUT2D eigenvalue weighted by atomic mass is 19.1. The Morgan fingerprint density at radius 2 is 1.95 bits per heavy atom. The Morgan fingerprint density at radius 1 is 1.29 bits per heavy atom. The summed E-state index contributed by atoms with van der Waals surface area (Å²) in [5, 5.41) is 2.81. The highest BCUT2D eigenvalue weighted by molar-refractivity contribution is 6.00.